The zero-order valence-corrected chi connectivity index (χ0v) is 16.3. The zero-order valence-electron chi connectivity index (χ0n) is 13.8. The fraction of sp³-hybridized carbons (Fsp3) is 0.800. The van der Waals surface area contributed by atoms with Crippen molar-refractivity contribution in [2.45, 2.75) is 63.9 Å². The van der Waals surface area contributed by atoms with Crippen LogP contribution in [0.3, 0.4) is 0 Å². The molecule has 7 heteroatoms. The van der Waals surface area contributed by atoms with Gasteiger partial charge in [0, 0.05) is 22.3 Å². The van der Waals surface area contributed by atoms with Gasteiger partial charge < -0.3 is 11.5 Å². The van der Waals surface area contributed by atoms with Crippen molar-refractivity contribution in [2.24, 2.45) is 23.3 Å². The minimum absolute atomic E-state index is 0.0914. The molecule has 0 saturated heterocycles. The highest BCUT2D eigenvalue weighted by Crippen LogP contribution is 2.35. The number of thiocarbonyl (C=S) groups is 1. The molecule has 128 valence electrons. The number of hydrogen-bond acceptors (Lipinski definition) is 5. The van der Waals surface area contributed by atoms with Gasteiger partial charge >= 0.3 is 0 Å². The van der Waals surface area contributed by atoms with Crippen LogP contribution in [-0.4, -0.2) is 25.8 Å². The molecule has 2 amide bonds. The Balaban J connectivity index is 4.77. The molecule has 0 aromatic carbocycles. The summed E-state index contributed by atoms with van der Waals surface area (Å²) in [6.07, 6.45) is 3.72. The molecule has 0 aliphatic rings. The first-order valence-corrected chi connectivity index (χ1v) is 9.87. The summed E-state index contributed by atoms with van der Waals surface area (Å²) >= 11 is 8.53. The van der Waals surface area contributed by atoms with Crippen molar-refractivity contribution >= 4 is 51.1 Å². The zero-order chi connectivity index (χ0) is 17.3. The number of thioether (sulfide) groups is 2. The number of amides is 2. The third-order valence-corrected chi connectivity index (χ3v) is 7.09. The number of rotatable bonds is 10. The molecule has 22 heavy (non-hydrogen) atoms. The summed E-state index contributed by atoms with van der Waals surface area (Å²) in [5.41, 5.74) is 10.8. The lowest BCUT2D eigenvalue weighted by molar-refractivity contribution is -0.122. The predicted octanol–water partition coefficient (Wildman–Crippen LogP) is 3.32. The summed E-state index contributed by atoms with van der Waals surface area (Å²) in [6.45, 7) is 7.84. The summed E-state index contributed by atoms with van der Waals surface area (Å²) < 4.78 is 0.762. The van der Waals surface area contributed by atoms with Crippen molar-refractivity contribution in [1.82, 2.24) is 0 Å². The van der Waals surface area contributed by atoms with Gasteiger partial charge in [0.2, 0.25) is 11.8 Å². The molecule has 0 fully saturated rings. The van der Waals surface area contributed by atoms with Crippen LogP contribution in [0.25, 0.3) is 0 Å². The first-order chi connectivity index (χ1) is 10.2. The lowest BCUT2D eigenvalue weighted by Gasteiger charge is -2.24. The molecule has 0 aliphatic heterocycles. The van der Waals surface area contributed by atoms with Gasteiger partial charge in [-0.15, -0.1) is 23.5 Å². The third kappa shape index (κ3) is 7.83. The maximum absolute atomic E-state index is 11.4. The molecule has 4 unspecified atom stereocenters. The molecule has 0 saturated carbocycles. The number of carbonyl (C=O) groups is 2. The topological polar surface area (TPSA) is 86.2 Å². The van der Waals surface area contributed by atoms with Crippen LogP contribution in [0.15, 0.2) is 0 Å². The Kier molecular flexibility index (Phi) is 11.2. The van der Waals surface area contributed by atoms with E-state index in [4.69, 9.17) is 23.7 Å². The van der Waals surface area contributed by atoms with Crippen LogP contribution >= 0.6 is 35.7 Å². The Morgan fingerprint density at radius 2 is 1.23 bits per heavy atom. The molecule has 0 heterocycles. The summed E-state index contributed by atoms with van der Waals surface area (Å²) in [7, 11) is 0. The van der Waals surface area contributed by atoms with E-state index in [0.717, 1.165) is 29.2 Å². The minimum Gasteiger partial charge on any atom is -0.369 e. The Morgan fingerprint density at radius 1 is 0.909 bits per heavy atom. The van der Waals surface area contributed by atoms with Gasteiger partial charge in [-0.3, -0.25) is 9.59 Å². The number of primary amides is 2. The fourth-order valence-electron chi connectivity index (χ4n) is 2.03. The standard InChI is InChI=1S/C15H28N2O2S3/c1-5-7-11(9(3)13(16)18)21-15(20)22-12(8-6-2)10(4)14(17)19/h9-12H,5-8H2,1-4H3,(H2,16,18)(H2,17,19). The SMILES string of the molecule is CCCC(SC(=S)SC(CCC)C(C)C(N)=O)C(C)C(N)=O. The monoisotopic (exact) mass is 364 g/mol. The van der Waals surface area contributed by atoms with E-state index in [0.29, 0.717) is 0 Å². The maximum atomic E-state index is 11.4. The first-order valence-electron chi connectivity index (χ1n) is 7.70. The van der Waals surface area contributed by atoms with Crippen LogP contribution in [0.4, 0.5) is 0 Å². The van der Waals surface area contributed by atoms with Gasteiger partial charge in [-0.1, -0.05) is 52.8 Å². The second-order valence-electron chi connectivity index (χ2n) is 5.52. The van der Waals surface area contributed by atoms with Crippen LogP contribution in [-0.2, 0) is 9.59 Å². The molecule has 0 aliphatic carbocycles. The molecule has 0 bridgehead atoms. The highest BCUT2D eigenvalue weighted by Gasteiger charge is 2.27. The second kappa shape index (κ2) is 11.3. The van der Waals surface area contributed by atoms with Gasteiger partial charge in [-0.2, -0.15) is 0 Å². The van der Waals surface area contributed by atoms with Crippen LogP contribution in [0.2, 0.25) is 0 Å². The molecule has 4 nitrogen and oxygen atoms in total. The van der Waals surface area contributed by atoms with Crippen molar-refractivity contribution in [2.75, 3.05) is 0 Å². The average Bonchev–Trinajstić information content (AvgIpc) is 2.44. The van der Waals surface area contributed by atoms with Crippen LogP contribution in [0.1, 0.15) is 53.4 Å². The van der Waals surface area contributed by atoms with E-state index in [1.165, 1.54) is 23.5 Å². The normalized spacial score (nSPS) is 16.5. The molecule has 0 rings (SSSR count). The van der Waals surface area contributed by atoms with Gasteiger partial charge in [-0.25, -0.2) is 0 Å². The molecule has 4 N–H and O–H groups in total. The molecular weight excluding hydrogens is 336 g/mol. The van der Waals surface area contributed by atoms with Crippen molar-refractivity contribution in [3.05, 3.63) is 0 Å². The van der Waals surface area contributed by atoms with Gasteiger partial charge in [-0.05, 0) is 12.8 Å². The third-order valence-electron chi connectivity index (χ3n) is 3.65. The van der Waals surface area contributed by atoms with Gasteiger partial charge in [0.05, 0.1) is 0 Å². The minimum atomic E-state index is -0.297. The highest BCUT2D eigenvalue weighted by atomic mass is 32.2. The molecule has 0 radical (unpaired) electrons. The van der Waals surface area contributed by atoms with Gasteiger partial charge in [0.25, 0.3) is 0 Å². The Morgan fingerprint density at radius 3 is 1.45 bits per heavy atom. The summed E-state index contributed by atoms with van der Waals surface area (Å²) in [6, 6.07) is 0. The van der Waals surface area contributed by atoms with Gasteiger partial charge in [0.1, 0.15) is 3.53 Å². The van der Waals surface area contributed by atoms with E-state index in [9.17, 15) is 9.59 Å². The number of nitrogens with two attached hydrogens (primary N) is 2. The van der Waals surface area contributed by atoms with E-state index < -0.39 is 0 Å². The average molecular weight is 365 g/mol. The molecule has 0 aromatic rings. The Hall–Kier alpha value is -0.270. The number of carbonyl (C=O) groups excluding carboxylic acids is 2. The van der Waals surface area contributed by atoms with Gasteiger partial charge in [0.15, 0.2) is 0 Å². The van der Waals surface area contributed by atoms with Crippen LogP contribution in [0.5, 0.6) is 0 Å². The van der Waals surface area contributed by atoms with Crippen molar-refractivity contribution < 1.29 is 9.59 Å². The quantitative estimate of drug-likeness (QED) is 0.581. The summed E-state index contributed by atoms with van der Waals surface area (Å²) in [4.78, 5) is 22.8. The molecule has 4 atom stereocenters. The van der Waals surface area contributed by atoms with E-state index in [1.807, 2.05) is 13.8 Å². The molecule has 0 spiro atoms. The predicted molar refractivity (Wildman–Crippen MR) is 102 cm³/mol. The lowest BCUT2D eigenvalue weighted by atomic mass is 10.0. The molecular formula is C15H28N2O2S3. The Bertz CT molecular complexity index is 357. The first kappa shape index (κ1) is 21.7. The highest BCUT2D eigenvalue weighted by molar-refractivity contribution is 8.47. The second-order valence-corrected chi connectivity index (χ2v) is 9.20. The smallest absolute Gasteiger partial charge is 0.221 e. The largest absolute Gasteiger partial charge is 0.369 e. The van der Waals surface area contributed by atoms with Crippen LogP contribution in [0, 0.1) is 11.8 Å². The van der Waals surface area contributed by atoms with E-state index in [1.54, 1.807) is 0 Å². The summed E-state index contributed by atoms with van der Waals surface area (Å²) in [5, 5.41) is 0.183. The summed E-state index contributed by atoms with van der Waals surface area (Å²) in [5.74, 6) is -1.04. The van der Waals surface area contributed by atoms with E-state index >= 15 is 0 Å². The Labute approximate surface area is 147 Å². The fourth-order valence-corrected chi connectivity index (χ4v) is 5.62. The van der Waals surface area contributed by atoms with Crippen molar-refractivity contribution in [3.63, 3.8) is 0 Å². The molecule has 0 aromatic heterocycles. The lowest BCUT2D eigenvalue weighted by Crippen LogP contribution is -2.31. The van der Waals surface area contributed by atoms with Crippen molar-refractivity contribution in [3.8, 4) is 0 Å². The van der Waals surface area contributed by atoms with E-state index in [2.05, 4.69) is 13.8 Å². The van der Waals surface area contributed by atoms with Crippen LogP contribution < -0.4 is 11.5 Å². The van der Waals surface area contributed by atoms with E-state index in [-0.39, 0.29) is 34.2 Å². The number of hydrogen-bond donors (Lipinski definition) is 2. The maximum Gasteiger partial charge on any atom is 0.221 e. The van der Waals surface area contributed by atoms with Crippen molar-refractivity contribution in [1.29, 1.82) is 0 Å².